The fraction of sp³-hybridized carbons (Fsp3) is 0.438. The minimum Gasteiger partial charge on any atom is -0.385 e. The zero-order valence-electron chi connectivity index (χ0n) is 13.8. The minimum atomic E-state index is -0.0960. The Morgan fingerprint density at radius 3 is 2.88 bits per heavy atom. The van der Waals surface area contributed by atoms with Crippen molar-refractivity contribution in [2.45, 2.75) is 19.3 Å². The van der Waals surface area contributed by atoms with E-state index in [0.717, 1.165) is 11.3 Å². The van der Waals surface area contributed by atoms with Crippen molar-refractivity contribution < 1.29 is 14.3 Å². The number of methoxy groups -OCH3 is 1. The van der Waals surface area contributed by atoms with Gasteiger partial charge in [-0.2, -0.15) is 0 Å². The number of nitrogens with one attached hydrogen (secondary N) is 1. The molecule has 0 radical (unpaired) electrons. The van der Waals surface area contributed by atoms with Crippen molar-refractivity contribution in [3.63, 3.8) is 0 Å². The van der Waals surface area contributed by atoms with E-state index < -0.39 is 0 Å². The quantitative estimate of drug-likeness (QED) is 0.691. The Morgan fingerprint density at radius 2 is 2.17 bits per heavy atom. The third-order valence-corrected chi connectivity index (χ3v) is 5.00. The number of thiophene rings is 1. The molecule has 0 saturated heterocycles. The van der Waals surface area contributed by atoms with Crippen LogP contribution in [0, 0.1) is 0 Å². The first-order chi connectivity index (χ1) is 11.6. The van der Waals surface area contributed by atoms with Crippen LogP contribution in [0.3, 0.4) is 0 Å². The number of likely N-dealkylation sites (N-methyl/N-ethyl adjacent to an activating group) is 1. The summed E-state index contributed by atoms with van der Waals surface area (Å²) in [6, 6.07) is 3.85. The van der Waals surface area contributed by atoms with E-state index in [1.807, 2.05) is 22.9 Å². The predicted molar refractivity (Wildman–Crippen MR) is 96.6 cm³/mol. The Balaban J connectivity index is 1.79. The molecule has 2 amide bonds. The Morgan fingerprint density at radius 1 is 1.33 bits per heavy atom. The summed E-state index contributed by atoms with van der Waals surface area (Å²) in [6.07, 6.45) is 1.38. The van der Waals surface area contributed by atoms with Gasteiger partial charge in [-0.1, -0.05) is 6.07 Å². The molecule has 0 unspecified atom stereocenters. The summed E-state index contributed by atoms with van der Waals surface area (Å²) in [6.45, 7) is 1.29. The molecule has 130 valence electrons. The van der Waals surface area contributed by atoms with E-state index in [0.29, 0.717) is 30.4 Å². The molecule has 8 heteroatoms. The van der Waals surface area contributed by atoms with Gasteiger partial charge in [-0.25, -0.2) is 4.98 Å². The number of hydrogen-bond donors (Lipinski definition) is 1. The van der Waals surface area contributed by atoms with Crippen LogP contribution in [0.15, 0.2) is 22.9 Å². The van der Waals surface area contributed by atoms with Gasteiger partial charge in [-0.15, -0.1) is 22.7 Å². The molecular weight excluding hydrogens is 346 g/mol. The molecular formula is C16H21N3O3S2. The Hall–Kier alpha value is -1.77. The number of aromatic nitrogens is 1. The van der Waals surface area contributed by atoms with Crippen molar-refractivity contribution in [3.8, 4) is 0 Å². The molecule has 0 aliphatic carbocycles. The van der Waals surface area contributed by atoms with E-state index in [2.05, 4.69) is 10.3 Å². The second-order valence-electron chi connectivity index (χ2n) is 5.29. The van der Waals surface area contributed by atoms with Gasteiger partial charge in [0.2, 0.25) is 11.8 Å². The number of nitrogens with zero attached hydrogens (tertiary/aromatic N) is 2. The van der Waals surface area contributed by atoms with Crippen molar-refractivity contribution >= 4 is 39.6 Å². The van der Waals surface area contributed by atoms with E-state index in [-0.39, 0.29) is 18.2 Å². The summed E-state index contributed by atoms with van der Waals surface area (Å²) in [5.41, 5.74) is 0.676. The largest absolute Gasteiger partial charge is 0.385 e. The molecule has 6 nitrogen and oxygen atoms in total. The molecule has 0 aliphatic rings. The maximum atomic E-state index is 12.1. The van der Waals surface area contributed by atoms with Crippen molar-refractivity contribution in [1.82, 2.24) is 9.88 Å². The molecule has 0 bridgehead atoms. The number of hydrogen-bond acceptors (Lipinski definition) is 6. The molecule has 2 aromatic rings. The topological polar surface area (TPSA) is 71.5 Å². The first-order valence-electron chi connectivity index (χ1n) is 7.58. The number of ether oxygens (including phenoxy) is 1. The zero-order chi connectivity index (χ0) is 17.4. The highest BCUT2D eigenvalue weighted by Gasteiger charge is 2.13. The van der Waals surface area contributed by atoms with E-state index in [1.165, 1.54) is 11.3 Å². The molecule has 0 saturated carbocycles. The van der Waals surface area contributed by atoms with Crippen molar-refractivity contribution in [2.24, 2.45) is 0 Å². The molecule has 2 aromatic heterocycles. The lowest BCUT2D eigenvalue weighted by Crippen LogP contribution is -2.29. The lowest BCUT2D eigenvalue weighted by molar-refractivity contribution is -0.129. The number of thiazole rings is 1. The second kappa shape index (κ2) is 9.51. The monoisotopic (exact) mass is 367 g/mol. The average molecular weight is 367 g/mol. The Labute approximate surface area is 149 Å². The van der Waals surface area contributed by atoms with Gasteiger partial charge >= 0.3 is 0 Å². The number of amides is 2. The summed E-state index contributed by atoms with van der Waals surface area (Å²) in [5.74, 6) is -0.0887. The normalized spacial score (nSPS) is 10.6. The number of anilines is 1. The van der Waals surface area contributed by atoms with Crippen LogP contribution in [-0.2, 0) is 27.2 Å². The molecule has 0 aliphatic heterocycles. The van der Waals surface area contributed by atoms with Crippen LogP contribution in [-0.4, -0.2) is 49.0 Å². The second-order valence-corrected chi connectivity index (χ2v) is 7.18. The number of rotatable bonds is 9. The highest BCUT2D eigenvalue weighted by molar-refractivity contribution is 7.14. The summed E-state index contributed by atoms with van der Waals surface area (Å²) in [5, 5.41) is 7.06. The molecule has 0 atom stereocenters. The maximum absolute atomic E-state index is 12.1. The van der Waals surface area contributed by atoms with Gasteiger partial charge < -0.3 is 15.0 Å². The van der Waals surface area contributed by atoms with Gasteiger partial charge in [0, 0.05) is 37.6 Å². The van der Waals surface area contributed by atoms with E-state index in [1.54, 1.807) is 30.4 Å². The standard InChI is InChI=1S/C16H21N3O3S2/c1-19(6-4-7-22-2)15(21)9-12-11-24-16(17-12)18-14(20)10-13-5-3-8-23-13/h3,5,8,11H,4,6-7,9-10H2,1-2H3,(H,17,18,20). The summed E-state index contributed by atoms with van der Waals surface area (Å²) in [7, 11) is 3.42. The van der Waals surface area contributed by atoms with Crippen LogP contribution in [0.25, 0.3) is 0 Å². The fourth-order valence-electron chi connectivity index (χ4n) is 2.04. The first kappa shape index (κ1) is 18.6. The van der Waals surface area contributed by atoms with Crippen LogP contribution in [0.4, 0.5) is 5.13 Å². The number of carbonyl (C=O) groups excluding carboxylic acids is 2. The van der Waals surface area contributed by atoms with Gasteiger partial charge in [-0.05, 0) is 17.9 Å². The average Bonchev–Trinajstić information content (AvgIpc) is 3.19. The first-order valence-corrected chi connectivity index (χ1v) is 9.34. The van der Waals surface area contributed by atoms with Crippen LogP contribution in [0.2, 0.25) is 0 Å². The van der Waals surface area contributed by atoms with E-state index in [9.17, 15) is 9.59 Å². The van der Waals surface area contributed by atoms with Gasteiger partial charge in [0.15, 0.2) is 5.13 Å². The molecule has 0 aromatic carbocycles. The molecule has 0 spiro atoms. The van der Waals surface area contributed by atoms with Crippen molar-refractivity contribution in [1.29, 1.82) is 0 Å². The lowest BCUT2D eigenvalue weighted by atomic mass is 10.3. The van der Waals surface area contributed by atoms with Crippen molar-refractivity contribution in [2.75, 3.05) is 32.6 Å². The van der Waals surface area contributed by atoms with Crippen molar-refractivity contribution in [3.05, 3.63) is 33.5 Å². The molecule has 0 fully saturated rings. The van der Waals surface area contributed by atoms with Gasteiger partial charge in [0.1, 0.15) is 0 Å². The third-order valence-electron chi connectivity index (χ3n) is 3.31. The number of carbonyl (C=O) groups is 2. The van der Waals surface area contributed by atoms with Crippen LogP contribution in [0.5, 0.6) is 0 Å². The molecule has 1 N–H and O–H groups in total. The zero-order valence-corrected chi connectivity index (χ0v) is 15.4. The van der Waals surface area contributed by atoms with Gasteiger partial charge in [-0.3, -0.25) is 9.59 Å². The van der Waals surface area contributed by atoms with E-state index >= 15 is 0 Å². The third kappa shape index (κ3) is 6.03. The SMILES string of the molecule is COCCCN(C)C(=O)Cc1csc(NC(=O)Cc2cccs2)n1. The molecule has 24 heavy (non-hydrogen) atoms. The smallest absolute Gasteiger partial charge is 0.231 e. The Kier molecular flexibility index (Phi) is 7.36. The minimum absolute atomic E-state index is 0.00728. The van der Waals surface area contributed by atoms with E-state index in [4.69, 9.17) is 4.74 Å². The van der Waals surface area contributed by atoms with Gasteiger partial charge in [0.05, 0.1) is 18.5 Å². The maximum Gasteiger partial charge on any atom is 0.231 e. The van der Waals surface area contributed by atoms with Gasteiger partial charge in [0.25, 0.3) is 0 Å². The highest BCUT2D eigenvalue weighted by atomic mass is 32.1. The summed E-state index contributed by atoms with van der Waals surface area (Å²) in [4.78, 5) is 31.1. The fourth-order valence-corrected chi connectivity index (χ4v) is 3.47. The van der Waals surface area contributed by atoms with Crippen LogP contribution in [0.1, 0.15) is 17.0 Å². The highest BCUT2D eigenvalue weighted by Crippen LogP contribution is 2.17. The van der Waals surface area contributed by atoms with Crippen LogP contribution >= 0.6 is 22.7 Å². The predicted octanol–water partition coefficient (Wildman–Crippen LogP) is 2.42. The summed E-state index contributed by atoms with van der Waals surface area (Å²) >= 11 is 2.88. The lowest BCUT2D eigenvalue weighted by Gasteiger charge is -2.16. The van der Waals surface area contributed by atoms with Crippen LogP contribution < -0.4 is 5.32 Å². The Bertz CT molecular complexity index is 655. The molecule has 2 heterocycles. The summed E-state index contributed by atoms with van der Waals surface area (Å²) < 4.78 is 4.98. The molecule has 2 rings (SSSR count).